The maximum Gasteiger partial charge on any atom is 0.231 e. The normalized spacial score (nSPS) is 12.9. The highest BCUT2D eigenvalue weighted by Gasteiger charge is 2.25. The van der Waals surface area contributed by atoms with Crippen molar-refractivity contribution in [2.24, 2.45) is 0 Å². The molecule has 138 valence electrons. The molecule has 6 nitrogen and oxygen atoms in total. The second kappa shape index (κ2) is 7.23. The lowest BCUT2D eigenvalue weighted by atomic mass is 10.1. The van der Waals surface area contributed by atoms with Gasteiger partial charge in [-0.3, -0.25) is 4.79 Å². The van der Waals surface area contributed by atoms with Gasteiger partial charge in [0.2, 0.25) is 17.6 Å². The molecule has 0 atom stereocenters. The van der Waals surface area contributed by atoms with Crippen molar-refractivity contribution in [3.63, 3.8) is 0 Å². The topological polar surface area (TPSA) is 68.5 Å². The van der Waals surface area contributed by atoms with Gasteiger partial charge in [-0.1, -0.05) is 24.2 Å². The molecule has 2 heterocycles. The summed E-state index contributed by atoms with van der Waals surface area (Å²) in [5, 5.41) is 4.03. The van der Waals surface area contributed by atoms with E-state index in [2.05, 4.69) is 16.2 Å². The van der Waals surface area contributed by atoms with Crippen molar-refractivity contribution < 1.29 is 14.1 Å². The van der Waals surface area contributed by atoms with Crippen LogP contribution in [0.5, 0.6) is 5.75 Å². The number of nitrogens with zero attached hydrogens (tertiary/aromatic N) is 3. The Labute approximate surface area is 157 Å². The maximum absolute atomic E-state index is 12.8. The molecule has 0 saturated carbocycles. The quantitative estimate of drug-likeness (QED) is 0.695. The first-order valence-corrected chi connectivity index (χ1v) is 9.07. The van der Waals surface area contributed by atoms with E-state index < -0.39 is 0 Å². The fourth-order valence-electron chi connectivity index (χ4n) is 3.37. The molecule has 1 amide bonds. The number of aryl methyl sites for hydroxylation is 1. The monoisotopic (exact) mass is 363 g/mol. The van der Waals surface area contributed by atoms with Gasteiger partial charge in [-0.05, 0) is 47.9 Å². The number of aromatic nitrogens is 2. The minimum absolute atomic E-state index is 0.0857. The Morgan fingerprint density at radius 3 is 2.93 bits per heavy atom. The maximum atomic E-state index is 12.8. The number of anilines is 1. The van der Waals surface area contributed by atoms with Gasteiger partial charge in [0.1, 0.15) is 5.75 Å². The van der Waals surface area contributed by atoms with Crippen LogP contribution in [-0.2, 0) is 24.1 Å². The minimum Gasteiger partial charge on any atom is -0.497 e. The molecule has 1 aliphatic rings. The molecule has 1 aliphatic heterocycles. The molecule has 0 fully saturated rings. The first-order valence-electron chi connectivity index (χ1n) is 9.07. The van der Waals surface area contributed by atoms with Gasteiger partial charge in [0.25, 0.3) is 0 Å². The molecule has 0 N–H and O–H groups in total. The number of methoxy groups -OCH3 is 1. The summed E-state index contributed by atoms with van der Waals surface area (Å²) in [4.78, 5) is 19.1. The highest BCUT2D eigenvalue weighted by atomic mass is 16.5. The molecule has 6 heteroatoms. The number of carbonyl (C=O) groups is 1. The number of hydrogen-bond acceptors (Lipinski definition) is 5. The number of benzene rings is 2. The number of rotatable bonds is 5. The molecular weight excluding hydrogens is 342 g/mol. The number of hydrogen-bond donors (Lipinski definition) is 0. The van der Waals surface area contributed by atoms with Gasteiger partial charge >= 0.3 is 0 Å². The molecule has 0 aliphatic carbocycles. The van der Waals surface area contributed by atoms with Crippen LogP contribution >= 0.6 is 0 Å². The molecule has 2 aromatic carbocycles. The average molecular weight is 363 g/mol. The molecule has 4 rings (SSSR count). The van der Waals surface area contributed by atoms with Crippen LogP contribution in [0, 0.1) is 0 Å². The summed E-state index contributed by atoms with van der Waals surface area (Å²) in [7, 11) is 1.63. The summed E-state index contributed by atoms with van der Waals surface area (Å²) in [6.45, 7) is 2.67. The van der Waals surface area contributed by atoms with Crippen LogP contribution in [0.1, 0.15) is 23.9 Å². The van der Waals surface area contributed by atoms with E-state index in [9.17, 15) is 4.79 Å². The summed E-state index contributed by atoms with van der Waals surface area (Å²) in [5.41, 5.74) is 3.96. The number of carbonyl (C=O) groups excluding carboxylic acids is 1. The Morgan fingerprint density at radius 2 is 2.15 bits per heavy atom. The smallest absolute Gasteiger partial charge is 0.231 e. The zero-order valence-corrected chi connectivity index (χ0v) is 15.4. The van der Waals surface area contributed by atoms with Crippen LogP contribution in [0.25, 0.3) is 11.4 Å². The van der Waals surface area contributed by atoms with E-state index in [1.807, 2.05) is 48.2 Å². The van der Waals surface area contributed by atoms with Crippen molar-refractivity contribution in [2.45, 2.75) is 26.2 Å². The Balaban J connectivity index is 1.53. The predicted molar refractivity (Wildman–Crippen MR) is 102 cm³/mol. The van der Waals surface area contributed by atoms with Crippen molar-refractivity contribution in [2.75, 3.05) is 18.6 Å². The van der Waals surface area contributed by atoms with Gasteiger partial charge in [0.15, 0.2) is 0 Å². The third kappa shape index (κ3) is 3.43. The van der Waals surface area contributed by atoms with Crippen LogP contribution in [0.2, 0.25) is 0 Å². The summed E-state index contributed by atoms with van der Waals surface area (Å²) in [6.07, 6.45) is 1.89. The van der Waals surface area contributed by atoms with Gasteiger partial charge in [0.05, 0.1) is 13.5 Å². The molecule has 3 aromatic rings. The van der Waals surface area contributed by atoms with Crippen LogP contribution in [0.4, 0.5) is 5.69 Å². The minimum atomic E-state index is 0.0857. The van der Waals surface area contributed by atoms with Crippen LogP contribution in [0.15, 0.2) is 47.0 Å². The van der Waals surface area contributed by atoms with Crippen LogP contribution in [0.3, 0.4) is 0 Å². The number of fused-ring (bicyclic) bond motifs is 1. The molecule has 0 radical (unpaired) electrons. The zero-order valence-electron chi connectivity index (χ0n) is 15.4. The standard InChI is InChI=1S/C21H21N3O3/c1-3-19-22-21(23-27-19)16-7-8-18-15(13-16)9-10-24(18)20(25)12-14-5-4-6-17(11-14)26-2/h4-8,11,13H,3,9-10,12H2,1-2H3. The summed E-state index contributed by atoms with van der Waals surface area (Å²) < 4.78 is 10.4. The lowest BCUT2D eigenvalue weighted by molar-refractivity contribution is -0.117. The highest BCUT2D eigenvalue weighted by Crippen LogP contribution is 2.32. The Morgan fingerprint density at radius 1 is 1.26 bits per heavy atom. The molecule has 1 aromatic heterocycles. The summed E-state index contributed by atoms with van der Waals surface area (Å²) in [5.74, 6) is 2.07. The van der Waals surface area contributed by atoms with E-state index in [1.165, 1.54) is 0 Å². The number of amides is 1. The molecule has 27 heavy (non-hydrogen) atoms. The molecule has 0 unspecified atom stereocenters. The van der Waals surface area contributed by atoms with E-state index in [-0.39, 0.29) is 5.91 Å². The first kappa shape index (κ1) is 17.3. The van der Waals surface area contributed by atoms with Gasteiger partial charge < -0.3 is 14.2 Å². The van der Waals surface area contributed by atoms with E-state index >= 15 is 0 Å². The van der Waals surface area contributed by atoms with Crippen molar-refractivity contribution in [3.8, 4) is 17.1 Å². The number of ether oxygens (including phenoxy) is 1. The Bertz CT molecular complexity index is 980. The van der Waals surface area contributed by atoms with Crippen LogP contribution < -0.4 is 9.64 Å². The second-order valence-electron chi connectivity index (χ2n) is 6.53. The van der Waals surface area contributed by atoms with E-state index in [1.54, 1.807) is 7.11 Å². The van der Waals surface area contributed by atoms with Crippen molar-refractivity contribution >= 4 is 11.6 Å². The first-order chi connectivity index (χ1) is 13.2. The fraction of sp³-hybridized carbons (Fsp3) is 0.286. The molecule has 0 saturated heterocycles. The lowest BCUT2D eigenvalue weighted by Crippen LogP contribution is -2.30. The van der Waals surface area contributed by atoms with Gasteiger partial charge in [-0.2, -0.15) is 4.98 Å². The molecule has 0 spiro atoms. The second-order valence-corrected chi connectivity index (χ2v) is 6.53. The van der Waals surface area contributed by atoms with Crippen molar-refractivity contribution in [1.82, 2.24) is 10.1 Å². The van der Waals surface area contributed by atoms with E-state index in [0.717, 1.165) is 34.5 Å². The van der Waals surface area contributed by atoms with Crippen LogP contribution in [-0.4, -0.2) is 29.7 Å². The van der Waals surface area contributed by atoms with Gasteiger partial charge in [-0.25, -0.2) is 0 Å². The predicted octanol–water partition coefficient (Wildman–Crippen LogP) is 3.44. The third-order valence-corrected chi connectivity index (χ3v) is 4.79. The van der Waals surface area contributed by atoms with Crippen molar-refractivity contribution in [3.05, 3.63) is 59.5 Å². The van der Waals surface area contributed by atoms with Gasteiger partial charge in [-0.15, -0.1) is 0 Å². The average Bonchev–Trinajstić information content (AvgIpc) is 3.34. The van der Waals surface area contributed by atoms with E-state index in [4.69, 9.17) is 9.26 Å². The van der Waals surface area contributed by atoms with Gasteiger partial charge in [0, 0.05) is 24.2 Å². The molecular formula is C21H21N3O3. The Kier molecular flexibility index (Phi) is 4.62. The summed E-state index contributed by atoms with van der Waals surface area (Å²) in [6, 6.07) is 13.6. The van der Waals surface area contributed by atoms with E-state index in [0.29, 0.717) is 31.1 Å². The largest absolute Gasteiger partial charge is 0.497 e. The summed E-state index contributed by atoms with van der Waals surface area (Å²) >= 11 is 0. The Hall–Kier alpha value is -3.15. The third-order valence-electron chi connectivity index (χ3n) is 4.79. The highest BCUT2D eigenvalue weighted by molar-refractivity contribution is 5.97. The lowest BCUT2D eigenvalue weighted by Gasteiger charge is -2.17. The SMILES string of the molecule is CCc1nc(-c2ccc3c(c2)CCN3C(=O)Cc2cccc(OC)c2)no1. The van der Waals surface area contributed by atoms with Crippen molar-refractivity contribution in [1.29, 1.82) is 0 Å². The molecule has 0 bridgehead atoms. The fourth-order valence-corrected chi connectivity index (χ4v) is 3.37. The zero-order chi connectivity index (χ0) is 18.8.